The summed E-state index contributed by atoms with van der Waals surface area (Å²) in [5.41, 5.74) is 0.581. The number of benzene rings is 1. The van der Waals surface area contributed by atoms with Gasteiger partial charge in [0, 0.05) is 32.3 Å². The number of amides is 2. The second-order valence-corrected chi connectivity index (χ2v) is 6.65. The van der Waals surface area contributed by atoms with Crippen molar-refractivity contribution in [1.82, 2.24) is 10.2 Å². The third-order valence-corrected chi connectivity index (χ3v) is 4.79. The molecule has 8 nitrogen and oxygen atoms in total. The molecule has 0 aliphatic carbocycles. The van der Waals surface area contributed by atoms with E-state index in [1.54, 1.807) is 39.5 Å². The van der Waals surface area contributed by atoms with Crippen molar-refractivity contribution in [2.75, 3.05) is 60.8 Å². The monoisotopic (exact) mass is 394 g/mol. The van der Waals surface area contributed by atoms with Crippen molar-refractivity contribution in [3.05, 3.63) is 23.8 Å². The molecule has 1 aromatic carbocycles. The first kappa shape index (κ1) is 22.0. The molecule has 0 atom stereocenters. The van der Waals surface area contributed by atoms with Crippen LogP contribution in [0.25, 0.3) is 0 Å². The van der Waals surface area contributed by atoms with E-state index in [1.807, 2.05) is 4.90 Å². The van der Waals surface area contributed by atoms with Crippen LogP contribution in [0.15, 0.2) is 18.2 Å². The van der Waals surface area contributed by atoms with Gasteiger partial charge in [0.15, 0.2) is 11.5 Å². The number of methoxy groups -OCH3 is 3. The van der Waals surface area contributed by atoms with Crippen LogP contribution in [-0.4, -0.2) is 77.5 Å². The first-order chi connectivity index (χ1) is 13.6. The lowest BCUT2D eigenvalue weighted by Gasteiger charge is -2.32. The molecule has 1 N–H and O–H groups in total. The van der Waals surface area contributed by atoms with Gasteiger partial charge in [-0.15, -0.1) is 0 Å². The maximum atomic E-state index is 12.7. The van der Waals surface area contributed by atoms with Crippen LogP contribution in [0.3, 0.4) is 0 Å². The summed E-state index contributed by atoms with van der Waals surface area (Å²) >= 11 is 0. The number of piperidine rings is 1. The van der Waals surface area contributed by atoms with E-state index in [0.29, 0.717) is 55.8 Å². The van der Waals surface area contributed by atoms with E-state index in [9.17, 15) is 9.59 Å². The van der Waals surface area contributed by atoms with E-state index in [4.69, 9.17) is 18.9 Å². The summed E-state index contributed by atoms with van der Waals surface area (Å²) < 4.78 is 20.5. The van der Waals surface area contributed by atoms with Gasteiger partial charge in [0.25, 0.3) is 5.91 Å². The Morgan fingerprint density at radius 3 is 2.43 bits per heavy atom. The van der Waals surface area contributed by atoms with Gasteiger partial charge < -0.3 is 29.2 Å². The minimum Gasteiger partial charge on any atom is -0.493 e. The molecule has 156 valence electrons. The number of likely N-dealkylation sites (tertiary alicyclic amines) is 1. The Morgan fingerprint density at radius 1 is 1.07 bits per heavy atom. The second kappa shape index (κ2) is 11.5. The SMILES string of the molecule is COCCOCC(=O)NCC1CCN(C(=O)c2ccc(OC)c(OC)c2)CC1. The smallest absolute Gasteiger partial charge is 0.253 e. The molecule has 28 heavy (non-hydrogen) atoms. The number of carbonyl (C=O) groups excluding carboxylic acids is 2. The normalized spacial score (nSPS) is 14.6. The number of ether oxygens (including phenoxy) is 4. The molecule has 1 aromatic rings. The zero-order valence-electron chi connectivity index (χ0n) is 16.9. The molecule has 1 heterocycles. The lowest BCUT2D eigenvalue weighted by Crippen LogP contribution is -2.42. The van der Waals surface area contributed by atoms with Crippen LogP contribution in [0, 0.1) is 5.92 Å². The summed E-state index contributed by atoms with van der Waals surface area (Å²) in [7, 11) is 4.70. The maximum absolute atomic E-state index is 12.7. The molecule has 2 amide bonds. The van der Waals surface area contributed by atoms with Gasteiger partial charge in [-0.05, 0) is 37.0 Å². The number of carbonyl (C=O) groups is 2. The molecule has 1 aliphatic rings. The van der Waals surface area contributed by atoms with Gasteiger partial charge in [-0.2, -0.15) is 0 Å². The van der Waals surface area contributed by atoms with Crippen LogP contribution in [0.1, 0.15) is 23.2 Å². The molecule has 0 saturated carbocycles. The molecule has 1 fully saturated rings. The highest BCUT2D eigenvalue weighted by atomic mass is 16.5. The fourth-order valence-electron chi connectivity index (χ4n) is 3.11. The Balaban J connectivity index is 1.75. The number of hydrogen-bond donors (Lipinski definition) is 1. The van der Waals surface area contributed by atoms with Crippen LogP contribution in [0.4, 0.5) is 0 Å². The van der Waals surface area contributed by atoms with Gasteiger partial charge in [-0.3, -0.25) is 9.59 Å². The molecule has 0 spiro atoms. The predicted octanol–water partition coefficient (Wildman–Crippen LogP) is 1.34. The highest BCUT2D eigenvalue weighted by Crippen LogP contribution is 2.28. The standard InChI is InChI=1S/C20H30N2O6/c1-25-10-11-28-14-19(23)21-13-15-6-8-22(9-7-15)20(24)16-4-5-17(26-2)18(12-16)27-3/h4-5,12,15H,6-11,13-14H2,1-3H3,(H,21,23). The second-order valence-electron chi connectivity index (χ2n) is 6.65. The number of nitrogens with one attached hydrogen (secondary N) is 1. The molecule has 1 aliphatic heterocycles. The van der Waals surface area contributed by atoms with Crippen LogP contribution < -0.4 is 14.8 Å². The Kier molecular flexibility index (Phi) is 9.03. The van der Waals surface area contributed by atoms with E-state index in [1.165, 1.54) is 0 Å². The van der Waals surface area contributed by atoms with Gasteiger partial charge >= 0.3 is 0 Å². The first-order valence-corrected chi connectivity index (χ1v) is 9.43. The fourth-order valence-corrected chi connectivity index (χ4v) is 3.11. The van der Waals surface area contributed by atoms with E-state index < -0.39 is 0 Å². The summed E-state index contributed by atoms with van der Waals surface area (Å²) in [6.07, 6.45) is 1.70. The minimum atomic E-state index is -0.125. The van der Waals surface area contributed by atoms with Crippen LogP contribution in [-0.2, 0) is 14.3 Å². The van der Waals surface area contributed by atoms with Gasteiger partial charge in [0.05, 0.1) is 27.4 Å². The quantitative estimate of drug-likeness (QED) is 0.603. The predicted molar refractivity (Wildman–Crippen MR) is 104 cm³/mol. The zero-order chi connectivity index (χ0) is 20.4. The lowest BCUT2D eigenvalue weighted by atomic mass is 9.96. The third-order valence-electron chi connectivity index (χ3n) is 4.79. The van der Waals surface area contributed by atoms with E-state index in [-0.39, 0.29) is 18.4 Å². The molecule has 0 radical (unpaired) electrons. The molecule has 1 saturated heterocycles. The summed E-state index contributed by atoms with van der Waals surface area (Å²) in [6, 6.07) is 5.19. The van der Waals surface area contributed by atoms with Crippen molar-refractivity contribution in [2.24, 2.45) is 5.92 Å². The lowest BCUT2D eigenvalue weighted by molar-refractivity contribution is -0.126. The van der Waals surface area contributed by atoms with Crippen molar-refractivity contribution < 1.29 is 28.5 Å². The van der Waals surface area contributed by atoms with Crippen LogP contribution in [0.5, 0.6) is 11.5 Å². The average molecular weight is 394 g/mol. The van der Waals surface area contributed by atoms with Gasteiger partial charge in [-0.1, -0.05) is 0 Å². The molecule has 0 aromatic heterocycles. The number of nitrogens with zero attached hydrogens (tertiary/aromatic N) is 1. The van der Waals surface area contributed by atoms with Crippen molar-refractivity contribution in [1.29, 1.82) is 0 Å². The Labute approximate surface area is 166 Å². The van der Waals surface area contributed by atoms with Gasteiger partial charge in [-0.25, -0.2) is 0 Å². The maximum Gasteiger partial charge on any atom is 0.253 e. The van der Waals surface area contributed by atoms with Gasteiger partial charge in [0.1, 0.15) is 6.61 Å². The third kappa shape index (κ3) is 6.38. The Bertz CT molecular complexity index is 644. The summed E-state index contributed by atoms with van der Waals surface area (Å²) in [5.74, 6) is 1.35. The zero-order valence-corrected chi connectivity index (χ0v) is 16.9. The van der Waals surface area contributed by atoms with Crippen molar-refractivity contribution >= 4 is 11.8 Å². The Hall–Kier alpha value is -2.32. The van der Waals surface area contributed by atoms with E-state index >= 15 is 0 Å². The molecule has 2 rings (SSSR count). The molecule has 0 bridgehead atoms. The highest BCUT2D eigenvalue weighted by Gasteiger charge is 2.24. The largest absolute Gasteiger partial charge is 0.493 e. The van der Waals surface area contributed by atoms with E-state index in [2.05, 4.69) is 5.32 Å². The highest BCUT2D eigenvalue weighted by molar-refractivity contribution is 5.95. The van der Waals surface area contributed by atoms with Crippen molar-refractivity contribution in [3.8, 4) is 11.5 Å². The first-order valence-electron chi connectivity index (χ1n) is 9.43. The average Bonchev–Trinajstić information content (AvgIpc) is 2.74. The van der Waals surface area contributed by atoms with Crippen molar-refractivity contribution in [3.63, 3.8) is 0 Å². The summed E-state index contributed by atoms with van der Waals surface area (Å²) in [6.45, 7) is 2.85. The fraction of sp³-hybridized carbons (Fsp3) is 0.600. The number of hydrogen-bond acceptors (Lipinski definition) is 6. The topological polar surface area (TPSA) is 86.3 Å². The van der Waals surface area contributed by atoms with E-state index in [0.717, 1.165) is 12.8 Å². The summed E-state index contributed by atoms with van der Waals surface area (Å²) in [4.78, 5) is 26.3. The Morgan fingerprint density at radius 2 is 1.79 bits per heavy atom. The minimum absolute atomic E-state index is 0.0185. The summed E-state index contributed by atoms with van der Waals surface area (Å²) in [5, 5.41) is 2.89. The van der Waals surface area contributed by atoms with Crippen LogP contribution in [0.2, 0.25) is 0 Å². The molecule has 8 heteroatoms. The van der Waals surface area contributed by atoms with Gasteiger partial charge in [0.2, 0.25) is 5.91 Å². The van der Waals surface area contributed by atoms with Crippen molar-refractivity contribution in [2.45, 2.75) is 12.8 Å². The molecular formula is C20H30N2O6. The number of rotatable bonds is 10. The van der Waals surface area contributed by atoms with Crippen LogP contribution >= 0.6 is 0 Å². The molecule has 0 unspecified atom stereocenters. The molecular weight excluding hydrogens is 364 g/mol.